The summed E-state index contributed by atoms with van der Waals surface area (Å²) in [6, 6.07) is 12.0. The highest BCUT2D eigenvalue weighted by atomic mass is 32.2. The van der Waals surface area contributed by atoms with Crippen LogP contribution in [0.5, 0.6) is 0 Å². The van der Waals surface area contributed by atoms with Crippen LogP contribution in [0.15, 0.2) is 58.6 Å². The molecule has 0 saturated carbocycles. The number of amides is 3. The maximum absolute atomic E-state index is 12.6. The summed E-state index contributed by atoms with van der Waals surface area (Å²) in [5.41, 5.74) is 0.808. The zero-order valence-corrected chi connectivity index (χ0v) is 16.5. The Bertz CT molecular complexity index is 955. The molecular weight excluding hydrogens is 420 g/mol. The van der Waals surface area contributed by atoms with Gasteiger partial charge >= 0.3 is 0 Å². The third kappa shape index (κ3) is 5.42. The zero-order chi connectivity index (χ0) is 20.8. The second kappa shape index (κ2) is 9.66. The van der Waals surface area contributed by atoms with Gasteiger partial charge < -0.3 is 5.32 Å². The molecule has 2 heterocycles. The third-order valence-corrected chi connectivity index (χ3v) is 5.44. The molecule has 1 N–H and O–H groups in total. The van der Waals surface area contributed by atoms with Gasteiger partial charge in [-0.1, -0.05) is 30.3 Å². The number of nitrogens with zero attached hydrogens (tertiary/aromatic N) is 2. The van der Waals surface area contributed by atoms with Gasteiger partial charge in [-0.05, 0) is 47.3 Å². The van der Waals surface area contributed by atoms with E-state index < -0.39 is 22.8 Å². The lowest BCUT2D eigenvalue weighted by Crippen LogP contribution is -2.37. The lowest BCUT2D eigenvalue weighted by Gasteiger charge is -2.13. The number of hydrogen-bond donors (Lipinski definition) is 1. The van der Waals surface area contributed by atoms with Gasteiger partial charge in [0, 0.05) is 19.3 Å². The Morgan fingerprint density at radius 3 is 2.69 bits per heavy atom. The minimum Gasteiger partial charge on any atom is -0.350 e. The number of imide groups is 1. The number of pyridine rings is 1. The molecule has 0 bridgehead atoms. The zero-order valence-electron chi connectivity index (χ0n) is 14.9. The molecule has 3 amide bonds. The summed E-state index contributed by atoms with van der Waals surface area (Å²) in [5, 5.41) is 2.02. The number of benzene rings is 1. The fraction of sp³-hybridized carbons (Fsp3) is 0.158. The van der Waals surface area contributed by atoms with Gasteiger partial charge in [0.25, 0.3) is 22.8 Å². The van der Waals surface area contributed by atoms with E-state index in [1.165, 1.54) is 18.3 Å². The fourth-order valence-corrected chi connectivity index (χ4v) is 3.96. The molecule has 150 valence electrons. The van der Waals surface area contributed by atoms with Gasteiger partial charge in [-0.25, -0.2) is 4.98 Å². The van der Waals surface area contributed by atoms with Crippen LogP contribution in [-0.4, -0.2) is 45.8 Å². The van der Waals surface area contributed by atoms with Crippen LogP contribution in [0, 0.1) is 0 Å². The Balaban J connectivity index is 1.59. The van der Waals surface area contributed by atoms with Crippen LogP contribution in [-0.2, 0) is 4.79 Å². The SMILES string of the molecule is O=C(NCCN1C(=O)S/C(=C\c2ccccc2)C1=O)c1cccnc1SC(F)F. The summed E-state index contributed by atoms with van der Waals surface area (Å²) in [6.07, 6.45) is 2.95. The standard InChI is InChI=1S/C19H15F2N3O3S2/c20-18(21)29-16-13(7-4-8-23-16)15(25)22-9-10-24-17(26)14(28-19(24)27)11-12-5-2-1-3-6-12/h1-8,11,18H,9-10H2,(H,22,25)/b14-11-. The molecule has 0 atom stereocenters. The minimum absolute atomic E-state index is 0.0101. The Labute approximate surface area is 173 Å². The van der Waals surface area contributed by atoms with Crippen molar-refractivity contribution in [2.24, 2.45) is 0 Å². The number of rotatable bonds is 7. The van der Waals surface area contributed by atoms with Crippen LogP contribution < -0.4 is 5.32 Å². The second-order valence-electron chi connectivity index (χ2n) is 5.73. The molecule has 6 nitrogen and oxygen atoms in total. The van der Waals surface area contributed by atoms with Crippen LogP contribution in [0.4, 0.5) is 13.6 Å². The van der Waals surface area contributed by atoms with E-state index >= 15 is 0 Å². The van der Waals surface area contributed by atoms with Crippen LogP contribution in [0.3, 0.4) is 0 Å². The van der Waals surface area contributed by atoms with Crippen molar-refractivity contribution >= 4 is 46.7 Å². The fourth-order valence-electron chi connectivity index (χ4n) is 2.51. The molecule has 1 aromatic carbocycles. The molecule has 0 aliphatic carbocycles. The number of nitrogens with one attached hydrogen (secondary N) is 1. The summed E-state index contributed by atoms with van der Waals surface area (Å²) in [6.45, 7) is -0.0384. The quantitative estimate of drug-likeness (QED) is 0.526. The van der Waals surface area contributed by atoms with Crippen LogP contribution in [0.2, 0.25) is 0 Å². The monoisotopic (exact) mass is 435 g/mol. The summed E-state index contributed by atoms with van der Waals surface area (Å²) in [7, 11) is 0. The molecule has 0 unspecified atom stereocenters. The molecule has 2 aromatic rings. The van der Waals surface area contributed by atoms with Crippen molar-refractivity contribution in [3.8, 4) is 0 Å². The van der Waals surface area contributed by atoms with Crippen molar-refractivity contribution in [2.45, 2.75) is 10.8 Å². The van der Waals surface area contributed by atoms with Crippen LogP contribution in [0.1, 0.15) is 15.9 Å². The first kappa shape index (κ1) is 21.0. The minimum atomic E-state index is -2.71. The number of halogens is 2. The van der Waals surface area contributed by atoms with E-state index in [1.54, 1.807) is 6.08 Å². The van der Waals surface area contributed by atoms with Crippen molar-refractivity contribution in [1.82, 2.24) is 15.2 Å². The first-order valence-electron chi connectivity index (χ1n) is 8.44. The number of aromatic nitrogens is 1. The van der Waals surface area contributed by atoms with Gasteiger partial charge in [-0.15, -0.1) is 0 Å². The smallest absolute Gasteiger partial charge is 0.293 e. The summed E-state index contributed by atoms with van der Waals surface area (Å²) in [5.74, 6) is -3.75. The number of alkyl halides is 2. The van der Waals surface area contributed by atoms with Crippen molar-refractivity contribution in [1.29, 1.82) is 0 Å². The van der Waals surface area contributed by atoms with Gasteiger partial charge in [0.15, 0.2) is 0 Å². The second-order valence-corrected chi connectivity index (χ2v) is 7.71. The van der Waals surface area contributed by atoms with Crippen molar-refractivity contribution in [2.75, 3.05) is 13.1 Å². The van der Waals surface area contributed by atoms with E-state index in [-0.39, 0.29) is 35.4 Å². The molecular formula is C19H15F2N3O3S2. The topological polar surface area (TPSA) is 79.4 Å². The molecule has 1 fully saturated rings. The van der Waals surface area contributed by atoms with Gasteiger partial charge in [0.2, 0.25) is 0 Å². The molecule has 1 aromatic heterocycles. The van der Waals surface area contributed by atoms with Gasteiger partial charge in [0.1, 0.15) is 5.03 Å². The lowest BCUT2D eigenvalue weighted by molar-refractivity contribution is -0.122. The molecule has 0 spiro atoms. The van der Waals surface area contributed by atoms with Gasteiger partial charge in [0.05, 0.1) is 10.5 Å². The van der Waals surface area contributed by atoms with E-state index in [4.69, 9.17) is 0 Å². The largest absolute Gasteiger partial charge is 0.350 e. The Morgan fingerprint density at radius 2 is 1.97 bits per heavy atom. The first-order valence-corrected chi connectivity index (χ1v) is 10.1. The highest BCUT2D eigenvalue weighted by Gasteiger charge is 2.34. The summed E-state index contributed by atoms with van der Waals surface area (Å²) >= 11 is 1.01. The Kier molecular flexibility index (Phi) is 6.99. The van der Waals surface area contributed by atoms with E-state index in [9.17, 15) is 23.2 Å². The molecule has 1 aliphatic heterocycles. The number of hydrogen-bond acceptors (Lipinski definition) is 6. The highest BCUT2D eigenvalue weighted by Crippen LogP contribution is 2.32. The summed E-state index contributed by atoms with van der Waals surface area (Å²) in [4.78, 5) is 42.0. The van der Waals surface area contributed by atoms with E-state index in [2.05, 4.69) is 10.3 Å². The molecule has 1 aliphatic rings. The van der Waals surface area contributed by atoms with Crippen LogP contribution in [0.25, 0.3) is 6.08 Å². The lowest BCUT2D eigenvalue weighted by atomic mass is 10.2. The normalized spacial score (nSPS) is 15.4. The maximum Gasteiger partial charge on any atom is 0.293 e. The summed E-state index contributed by atoms with van der Waals surface area (Å²) < 4.78 is 25.2. The van der Waals surface area contributed by atoms with Gasteiger partial charge in [-0.2, -0.15) is 8.78 Å². The predicted octanol–water partition coefficient (Wildman–Crippen LogP) is 3.86. The van der Waals surface area contributed by atoms with Crippen molar-refractivity contribution in [3.63, 3.8) is 0 Å². The van der Waals surface area contributed by atoms with Crippen LogP contribution >= 0.6 is 23.5 Å². The van der Waals surface area contributed by atoms with Crippen molar-refractivity contribution in [3.05, 3.63) is 64.7 Å². The Hall–Kier alpha value is -2.72. The predicted molar refractivity (Wildman–Crippen MR) is 108 cm³/mol. The molecule has 0 radical (unpaired) electrons. The van der Waals surface area contributed by atoms with Gasteiger partial charge in [-0.3, -0.25) is 19.3 Å². The molecule has 1 saturated heterocycles. The molecule has 3 rings (SSSR count). The molecule has 29 heavy (non-hydrogen) atoms. The first-order chi connectivity index (χ1) is 14.0. The van der Waals surface area contributed by atoms with E-state index in [0.29, 0.717) is 4.91 Å². The number of carbonyl (C=O) groups is 3. The van der Waals surface area contributed by atoms with E-state index in [0.717, 1.165) is 22.2 Å². The average molecular weight is 435 g/mol. The average Bonchev–Trinajstić information content (AvgIpc) is 2.96. The van der Waals surface area contributed by atoms with Crippen molar-refractivity contribution < 1.29 is 23.2 Å². The maximum atomic E-state index is 12.6. The number of thioether (sulfide) groups is 2. The molecule has 10 heteroatoms. The Morgan fingerprint density at radius 1 is 1.21 bits per heavy atom. The van der Waals surface area contributed by atoms with E-state index in [1.807, 2.05) is 30.3 Å². The highest BCUT2D eigenvalue weighted by molar-refractivity contribution is 8.18. The number of carbonyl (C=O) groups excluding carboxylic acids is 3. The third-order valence-electron chi connectivity index (χ3n) is 3.81.